The molecule has 0 saturated carbocycles. The molecule has 2 bridgehead atoms. The third-order valence-corrected chi connectivity index (χ3v) is 8.99. The molecular formula is C34H31ClFN5O. The molecule has 0 radical (unpaired) electrons. The van der Waals surface area contributed by atoms with Gasteiger partial charge in [-0.2, -0.15) is 4.98 Å². The molecule has 42 heavy (non-hydrogen) atoms. The van der Waals surface area contributed by atoms with Gasteiger partial charge in [0.25, 0.3) is 5.56 Å². The Balaban J connectivity index is 1.23. The lowest BCUT2D eigenvalue weighted by Crippen LogP contribution is -2.54. The van der Waals surface area contributed by atoms with Gasteiger partial charge in [0, 0.05) is 52.4 Å². The highest BCUT2D eigenvalue weighted by molar-refractivity contribution is 6.33. The fourth-order valence-electron chi connectivity index (χ4n) is 6.70. The molecule has 0 amide bonds. The Hall–Kier alpha value is -4.07. The molecule has 5 aromatic rings. The van der Waals surface area contributed by atoms with Crippen LogP contribution in [0.15, 0.2) is 95.9 Å². The van der Waals surface area contributed by atoms with Crippen LogP contribution < -0.4 is 10.9 Å². The molecular weight excluding hydrogens is 549 g/mol. The van der Waals surface area contributed by atoms with Gasteiger partial charge in [-0.1, -0.05) is 66.6 Å². The van der Waals surface area contributed by atoms with Crippen LogP contribution >= 0.6 is 11.6 Å². The summed E-state index contributed by atoms with van der Waals surface area (Å²) in [4.78, 5) is 26.2. The van der Waals surface area contributed by atoms with Gasteiger partial charge in [-0.05, 0) is 67.6 Å². The van der Waals surface area contributed by atoms with Crippen molar-refractivity contribution in [2.24, 2.45) is 0 Å². The van der Waals surface area contributed by atoms with E-state index in [1.165, 1.54) is 41.5 Å². The summed E-state index contributed by atoms with van der Waals surface area (Å²) in [6.07, 6.45) is 7.42. The topological polar surface area (TPSA) is 63.1 Å². The number of aromatic nitrogens is 3. The van der Waals surface area contributed by atoms with E-state index in [0.717, 1.165) is 19.4 Å². The number of nitrogens with one attached hydrogen (secondary N) is 1. The first-order valence-corrected chi connectivity index (χ1v) is 14.9. The number of rotatable bonds is 6. The third kappa shape index (κ3) is 5.19. The Kier molecular flexibility index (Phi) is 7.22. The van der Waals surface area contributed by atoms with Crippen molar-refractivity contribution in [2.75, 3.05) is 5.32 Å². The summed E-state index contributed by atoms with van der Waals surface area (Å²) in [5, 5.41) is 4.77. The van der Waals surface area contributed by atoms with Gasteiger partial charge in [-0.15, -0.1) is 0 Å². The molecule has 212 valence electrons. The number of halogens is 2. The number of hydrogen-bond donors (Lipinski definition) is 1. The minimum absolute atomic E-state index is 0.234. The second-order valence-corrected chi connectivity index (χ2v) is 11.7. The average molecular weight is 580 g/mol. The summed E-state index contributed by atoms with van der Waals surface area (Å²) >= 11 is 6.49. The number of hydrogen-bond acceptors (Lipinski definition) is 5. The molecule has 1 N–H and O–H groups in total. The summed E-state index contributed by atoms with van der Waals surface area (Å²) in [6, 6.07) is 26.9. The number of nitrogens with zero attached hydrogens (tertiary/aromatic N) is 4. The summed E-state index contributed by atoms with van der Waals surface area (Å²) in [5.74, 6) is 0.113. The van der Waals surface area contributed by atoms with Crippen molar-refractivity contribution in [3.05, 3.63) is 118 Å². The molecule has 2 aromatic heterocycles. The van der Waals surface area contributed by atoms with Crippen LogP contribution in [0, 0.1) is 5.82 Å². The third-order valence-electron chi connectivity index (χ3n) is 8.66. The minimum Gasteiger partial charge on any atom is -0.351 e. The van der Waals surface area contributed by atoms with Crippen molar-refractivity contribution in [1.29, 1.82) is 0 Å². The molecule has 6 nitrogen and oxygen atoms in total. The highest BCUT2D eigenvalue weighted by Crippen LogP contribution is 2.36. The first-order chi connectivity index (χ1) is 20.5. The fraction of sp³-hybridized carbons (Fsp3) is 0.265. The Morgan fingerprint density at radius 1 is 0.905 bits per heavy atom. The van der Waals surface area contributed by atoms with Crippen LogP contribution in [-0.4, -0.2) is 37.6 Å². The van der Waals surface area contributed by atoms with Gasteiger partial charge in [-0.3, -0.25) is 14.3 Å². The predicted molar refractivity (Wildman–Crippen MR) is 166 cm³/mol. The molecule has 2 aliphatic rings. The van der Waals surface area contributed by atoms with Crippen LogP contribution in [0.3, 0.4) is 0 Å². The fourth-order valence-corrected chi connectivity index (χ4v) is 6.94. The lowest BCUT2D eigenvalue weighted by molar-refractivity contribution is 0.0276. The SMILES string of the molecule is O=c1c(-c2ccccc2Cl)cc2cnc(NC3CC4CCCC(C3)N4Cc3ccccc3)nc2n1-c1ccc(F)cc1. The lowest BCUT2D eigenvalue weighted by Gasteiger charge is -2.49. The van der Waals surface area contributed by atoms with Crippen molar-refractivity contribution in [3.8, 4) is 16.8 Å². The van der Waals surface area contributed by atoms with Crippen LogP contribution in [0.25, 0.3) is 27.8 Å². The Bertz CT molecular complexity index is 1780. The molecule has 3 aromatic carbocycles. The van der Waals surface area contributed by atoms with E-state index in [2.05, 4.69) is 45.5 Å². The first kappa shape index (κ1) is 26.8. The molecule has 2 fully saturated rings. The second-order valence-electron chi connectivity index (χ2n) is 11.3. The largest absolute Gasteiger partial charge is 0.351 e. The monoisotopic (exact) mass is 579 g/mol. The smallest absolute Gasteiger partial charge is 0.264 e. The van der Waals surface area contributed by atoms with E-state index in [1.54, 1.807) is 30.5 Å². The Morgan fingerprint density at radius 3 is 2.36 bits per heavy atom. The molecule has 7 rings (SSSR count). The molecule has 4 heterocycles. The van der Waals surface area contributed by atoms with Gasteiger partial charge in [0.15, 0.2) is 5.65 Å². The quantitative estimate of drug-likeness (QED) is 0.230. The molecule has 0 spiro atoms. The van der Waals surface area contributed by atoms with Gasteiger partial charge in [0.05, 0.1) is 5.69 Å². The number of piperidine rings is 2. The van der Waals surface area contributed by atoms with Crippen LogP contribution in [0.5, 0.6) is 0 Å². The standard InChI is InChI=1S/C34H31ClFN5O/c35-31-12-5-4-11-29(31)30-17-23-20-37-34(39-32(23)41(33(30)42)26-15-13-24(36)14-16-26)38-25-18-27-9-6-10-28(19-25)40(27)21-22-7-2-1-3-8-22/h1-5,7-8,11-17,20,25,27-28H,6,9-10,18-19,21H2,(H,37,38,39). The first-order valence-electron chi connectivity index (χ1n) is 14.5. The van der Waals surface area contributed by atoms with E-state index >= 15 is 0 Å². The normalized spacial score (nSPS) is 20.5. The van der Waals surface area contributed by atoms with Gasteiger partial charge >= 0.3 is 0 Å². The Morgan fingerprint density at radius 2 is 1.62 bits per heavy atom. The highest BCUT2D eigenvalue weighted by Gasteiger charge is 2.38. The molecule has 2 unspecified atom stereocenters. The number of benzene rings is 3. The molecule has 8 heteroatoms. The molecule has 0 aliphatic carbocycles. The van der Waals surface area contributed by atoms with Crippen molar-refractivity contribution in [3.63, 3.8) is 0 Å². The van der Waals surface area contributed by atoms with E-state index in [0.29, 0.717) is 50.9 Å². The van der Waals surface area contributed by atoms with Crippen molar-refractivity contribution in [2.45, 2.75) is 56.8 Å². The highest BCUT2D eigenvalue weighted by atomic mass is 35.5. The zero-order valence-electron chi connectivity index (χ0n) is 23.1. The van der Waals surface area contributed by atoms with Gasteiger partial charge < -0.3 is 5.32 Å². The van der Waals surface area contributed by atoms with Crippen LogP contribution in [0.1, 0.15) is 37.7 Å². The summed E-state index contributed by atoms with van der Waals surface area (Å²) in [5.41, 5.74) is 3.11. The lowest BCUT2D eigenvalue weighted by atomic mass is 9.81. The van der Waals surface area contributed by atoms with E-state index in [4.69, 9.17) is 16.6 Å². The maximum atomic E-state index is 14.0. The van der Waals surface area contributed by atoms with Crippen molar-refractivity contribution in [1.82, 2.24) is 19.4 Å². The maximum Gasteiger partial charge on any atom is 0.264 e. The van der Waals surface area contributed by atoms with Crippen molar-refractivity contribution < 1.29 is 4.39 Å². The number of fused-ring (bicyclic) bond motifs is 3. The molecule has 2 atom stereocenters. The van der Waals surface area contributed by atoms with Crippen LogP contribution in [0.4, 0.5) is 10.3 Å². The van der Waals surface area contributed by atoms with E-state index in [1.807, 2.05) is 18.2 Å². The van der Waals surface area contributed by atoms with E-state index in [9.17, 15) is 9.18 Å². The average Bonchev–Trinajstić information content (AvgIpc) is 2.99. The summed E-state index contributed by atoms with van der Waals surface area (Å²) < 4.78 is 15.4. The van der Waals surface area contributed by atoms with Gasteiger partial charge in [0.1, 0.15) is 5.82 Å². The van der Waals surface area contributed by atoms with Crippen LogP contribution in [-0.2, 0) is 6.54 Å². The second kappa shape index (κ2) is 11.3. The van der Waals surface area contributed by atoms with Crippen LogP contribution in [0.2, 0.25) is 5.02 Å². The van der Waals surface area contributed by atoms with Gasteiger partial charge in [0.2, 0.25) is 5.95 Å². The zero-order chi connectivity index (χ0) is 28.6. The minimum atomic E-state index is -0.375. The maximum absolute atomic E-state index is 14.0. The number of pyridine rings is 1. The van der Waals surface area contributed by atoms with E-state index in [-0.39, 0.29) is 17.4 Å². The molecule has 2 aliphatic heterocycles. The van der Waals surface area contributed by atoms with Crippen molar-refractivity contribution >= 4 is 28.6 Å². The Labute approximate surface area is 248 Å². The van der Waals surface area contributed by atoms with Gasteiger partial charge in [-0.25, -0.2) is 9.37 Å². The zero-order valence-corrected chi connectivity index (χ0v) is 23.8. The summed E-state index contributed by atoms with van der Waals surface area (Å²) in [6.45, 7) is 0.979. The van der Waals surface area contributed by atoms with E-state index < -0.39 is 0 Å². The number of anilines is 1. The summed E-state index contributed by atoms with van der Waals surface area (Å²) in [7, 11) is 0. The predicted octanol–water partition coefficient (Wildman–Crippen LogP) is 7.24. The molecule has 2 saturated heterocycles.